The van der Waals surface area contributed by atoms with E-state index in [0.29, 0.717) is 17.7 Å². The van der Waals surface area contributed by atoms with Crippen molar-refractivity contribution in [3.63, 3.8) is 0 Å². The highest BCUT2D eigenvalue weighted by Gasteiger charge is 2.21. The highest BCUT2D eigenvalue weighted by Crippen LogP contribution is 2.20. The van der Waals surface area contributed by atoms with Gasteiger partial charge in [-0.2, -0.15) is 0 Å². The van der Waals surface area contributed by atoms with Crippen LogP contribution in [0.5, 0.6) is 0 Å². The number of amides is 1. The van der Waals surface area contributed by atoms with E-state index in [4.69, 9.17) is 4.74 Å². The summed E-state index contributed by atoms with van der Waals surface area (Å²) >= 11 is 0. The number of hydrogen-bond donors (Lipinski definition) is 1. The maximum atomic E-state index is 11.8. The largest absolute Gasteiger partial charge is 0.444 e. The molecule has 0 saturated carbocycles. The predicted molar refractivity (Wildman–Crippen MR) is 74.6 cm³/mol. The minimum Gasteiger partial charge on any atom is -0.444 e. The molecule has 1 aliphatic rings. The average molecular weight is 263 g/mol. The molecule has 1 N–H and O–H groups in total. The molecule has 0 aromatic rings. The first-order chi connectivity index (χ1) is 8.83. The molecule has 1 rings (SSSR count). The summed E-state index contributed by atoms with van der Waals surface area (Å²) in [6, 6.07) is 0. The van der Waals surface area contributed by atoms with Gasteiger partial charge in [-0.15, -0.1) is 0 Å². The van der Waals surface area contributed by atoms with Gasteiger partial charge in [0.1, 0.15) is 5.60 Å². The van der Waals surface area contributed by atoms with Gasteiger partial charge in [0.2, 0.25) is 0 Å². The fraction of sp³-hybridized carbons (Fsp3) is 0.467. The number of rotatable bonds is 3. The third-order valence-electron chi connectivity index (χ3n) is 2.47. The number of hydrogen-bond acceptors (Lipinski definition) is 3. The lowest BCUT2D eigenvalue weighted by Crippen LogP contribution is -2.33. The first-order valence-corrected chi connectivity index (χ1v) is 6.40. The lowest BCUT2D eigenvalue weighted by atomic mass is 9.95. The van der Waals surface area contributed by atoms with Crippen LogP contribution in [0.25, 0.3) is 0 Å². The van der Waals surface area contributed by atoms with Crippen molar-refractivity contribution in [3.05, 3.63) is 36.1 Å². The maximum absolute atomic E-state index is 11.8. The van der Waals surface area contributed by atoms with Crippen LogP contribution in [0.4, 0.5) is 4.79 Å². The van der Waals surface area contributed by atoms with Crippen LogP contribution >= 0.6 is 0 Å². The average Bonchev–Trinajstić information content (AvgIpc) is 2.26. The molecule has 0 unspecified atom stereocenters. The molecule has 0 bridgehead atoms. The van der Waals surface area contributed by atoms with Crippen molar-refractivity contribution in [2.24, 2.45) is 0 Å². The molecule has 0 aromatic heterocycles. The molecule has 19 heavy (non-hydrogen) atoms. The second-order valence-corrected chi connectivity index (χ2v) is 5.38. The van der Waals surface area contributed by atoms with Crippen molar-refractivity contribution in [1.29, 1.82) is 0 Å². The second-order valence-electron chi connectivity index (χ2n) is 5.38. The zero-order valence-electron chi connectivity index (χ0n) is 11.8. The predicted octanol–water partition coefficient (Wildman–Crippen LogP) is 3.26. The molecule has 4 heteroatoms. The van der Waals surface area contributed by atoms with E-state index in [2.05, 4.69) is 11.9 Å². The summed E-state index contributed by atoms with van der Waals surface area (Å²) in [7, 11) is 0. The minimum absolute atomic E-state index is 0.0374. The van der Waals surface area contributed by atoms with Gasteiger partial charge in [-0.1, -0.05) is 18.7 Å². The van der Waals surface area contributed by atoms with Crippen molar-refractivity contribution in [2.45, 2.75) is 45.6 Å². The van der Waals surface area contributed by atoms with E-state index < -0.39 is 11.7 Å². The Morgan fingerprint density at radius 2 is 2.16 bits per heavy atom. The van der Waals surface area contributed by atoms with E-state index in [0.717, 1.165) is 12.8 Å². The Labute approximate surface area is 114 Å². The first kappa shape index (κ1) is 15.2. The molecular weight excluding hydrogens is 242 g/mol. The lowest BCUT2D eigenvalue weighted by Gasteiger charge is -2.21. The summed E-state index contributed by atoms with van der Waals surface area (Å²) in [5.74, 6) is 0.0374. The van der Waals surface area contributed by atoms with Gasteiger partial charge in [0.15, 0.2) is 5.78 Å². The molecule has 0 spiro atoms. The van der Waals surface area contributed by atoms with Crippen LogP contribution in [-0.2, 0) is 9.53 Å². The summed E-state index contributed by atoms with van der Waals surface area (Å²) in [5, 5.41) is 2.61. The summed E-state index contributed by atoms with van der Waals surface area (Å²) in [4.78, 5) is 23.6. The van der Waals surface area contributed by atoms with Gasteiger partial charge in [-0.05, 0) is 39.7 Å². The summed E-state index contributed by atoms with van der Waals surface area (Å²) in [6.07, 6.45) is 6.63. The summed E-state index contributed by atoms with van der Waals surface area (Å²) < 4.78 is 5.18. The van der Waals surface area contributed by atoms with Crippen LogP contribution in [-0.4, -0.2) is 17.5 Å². The number of ether oxygens (including phenoxy) is 1. The smallest absolute Gasteiger partial charge is 0.412 e. The molecule has 0 aliphatic heterocycles. The van der Waals surface area contributed by atoms with Crippen molar-refractivity contribution in [2.75, 3.05) is 0 Å². The van der Waals surface area contributed by atoms with Crippen molar-refractivity contribution < 1.29 is 14.3 Å². The van der Waals surface area contributed by atoms with Gasteiger partial charge in [-0.25, -0.2) is 4.79 Å². The lowest BCUT2D eigenvalue weighted by molar-refractivity contribution is -0.115. The minimum atomic E-state index is -0.575. The van der Waals surface area contributed by atoms with Crippen LogP contribution in [0.2, 0.25) is 0 Å². The molecule has 0 saturated heterocycles. The van der Waals surface area contributed by atoms with Crippen LogP contribution < -0.4 is 5.32 Å². The van der Waals surface area contributed by atoms with Crippen LogP contribution in [0.1, 0.15) is 40.0 Å². The van der Waals surface area contributed by atoms with Gasteiger partial charge < -0.3 is 4.74 Å². The monoisotopic (exact) mass is 263 g/mol. The number of Topliss-reactive ketones (excluding diaryl/α,β-unsaturated/α-hetero) is 1. The summed E-state index contributed by atoms with van der Waals surface area (Å²) in [5.41, 5.74) is 0.417. The Morgan fingerprint density at radius 3 is 2.68 bits per heavy atom. The Bertz CT molecular complexity index is 439. The molecule has 1 aliphatic carbocycles. The Balaban J connectivity index is 2.83. The zero-order chi connectivity index (χ0) is 14.5. The Kier molecular flexibility index (Phi) is 5.10. The highest BCUT2D eigenvalue weighted by atomic mass is 16.6. The molecule has 4 nitrogen and oxygen atoms in total. The SMILES string of the molecule is C=C/C=C(/NC(=O)OC(C)(C)C)C1=CCCCC1=O. The number of nitrogens with one attached hydrogen (secondary N) is 1. The molecule has 104 valence electrons. The molecule has 0 aromatic carbocycles. The summed E-state index contributed by atoms with van der Waals surface area (Å²) in [6.45, 7) is 8.95. The van der Waals surface area contributed by atoms with Crippen LogP contribution in [0.15, 0.2) is 36.1 Å². The molecule has 0 radical (unpaired) electrons. The van der Waals surface area contributed by atoms with E-state index in [9.17, 15) is 9.59 Å². The van der Waals surface area contributed by atoms with Crippen molar-refractivity contribution in [3.8, 4) is 0 Å². The van der Waals surface area contributed by atoms with Crippen LogP contribution in [0, 0.1) is 0 Å². The third-order valence-corrected chi connectivity index (χ3v) is 2.47. The zero-order valence-corrected chi connectivity index (χ0v) is 11.8. The van der Waals surface area contributed by atoms with Gasteiger partial charge in [0.05, 0.1) is 5.70 Å². The second kappa shape index (κ2) is 6.36. The number of allylic oxidation sites excluding steroid dienone is 4. The number of carbonyl (C=O) groups excluding carboxylic acids is 2. The highest BCUT2D eigenvalue weighted by molar-refractivity contribution is 6.00. The third kappa shape index (κ3) is 5.12. The normalized spacial score (nSPS) is 16.7. The molecular formula is C15H21NO3. The fourth-order valence-electron chi connectivity index (χ4n) is 1.75. The fourth-order valence-corrected chi connectivity index (χ4v) is 1.75. The van der Waals surface area contributed by atoms with Gasteiger partial charge in [-0.3, -0.25) is 10.1 Å². The van der Waals surface area contributed by atoms with Gasteiger partial charge >= 0.3 is 6.09 Å². The topological polar surface area (TPSA) is 55.4 Å². The van der Waals surface area contributed by atoms with E-state index in [1.54, 1.807) is 26.8 Å². The van der Waals surface area contributed by atoms with E-state index >= 15 is 0 Å². The van der Waals surface area contributed by atoms with E-state index in [-0.39, 0.29) is 5.78 Å². The van der Waals surface area contributed by atoms with E-state index in [1.165, 1.54) is 6.08 Å². The standard InChI is InChI=1S/C15H21NO3/c1-5-8-12(11-9-6-7-10-13(11)17)16-14(18)19-15(2,3)4/h5,8-9H,1,6-7,10H2,2-4H3,(H,16,18)/b12-8+. The van der Waals surface area contributed by atoms with Crippen LogP contribution in [0.3, 0.4) is 0 Å². The number of carbonyl (C=O) groups is 2. The van der Waals surface area contributed by atoms with Gasteiger partial charge in [0, 0.05) is 12.0 Å². The van der Waals surface area contributed by atoms with Crippen molar-refractivity contribution in [1.82, 2.24) is 5.32 Å². The first-order valence-electron chi connectivity index (χ1n) is 6.40. The Morgan fingerprint density at radius 1 is 1.47 bits per heavy atom. The quantitative estimate of drug-likeness (QED) is 0.795. The maximum Gasteiger partial charge on any atom is 0.412 e. The molecule has 0 fully saturated rings. The van der Waals surface area contributed by atoms with E-state index in [1.807, 2.05) is 6.08 Å². The number of ketones is 1. The van der Waals surface area contributed by atoms with Crippen molar-refractivity contribution >= 4 is 11.9 Å². The Hall–Kier alpha value is -1.84. The number of alkyl carbamates (subject to hydrolysis) is 1. The molecule has 1 amide bonds. The van der Waals surface area contributed by atoms with Gasteiger partial charge in [0.25, 0.3) is 0 Å². The molecule has 0 heterocycles. The molecule has 0 atom stereocenters.